The van der Waals surface area contributed by atoms with Gasteiger partial charge >= 0.3 is 0 Å². The van der Waals surface area contributed by atoms with Crippen LogP contribution in [0.3, 0.4) is 0 Å². The highest BCUT2D eigenvalue weighted by Gasteiger charge is 2.33. The summed E-state index contributed by atoms with van der Waals surface area (Å²) in [7, 11) is 0. The molecule has 0 N–H and O–H groups in total. The lowest BCUT2D eigenvalue weighted by molar-refractivity contribution is -0.236. The van der Waals surface area contributed by atoms with E-state index in [1.54, 1.807) is 0 Å². The monoisotopic (exact) mass is 227 g/mol. The Morgan fingerprint density at radius 1 is 1.06 bits per heavy atom. The molecule has 3 heterocycles. The molecule has 0 aromatic heterocycles. The average Bonchev–Trinajstić information content (AvgIpc) is 2.39. The van der Waals surface area contributed by atoms with Crippen LogP contribution in [0.4, 0.5) is 0 Å². The van der Waals surface area contributed by atoms with Crippen LogP contribution in [0.15, 0.2) is 12.0 Å². The van der Waals surface area contributed by atoms with Crippen LogP contribution >= 0.6 is 0 Å². The Bertz CT molecular complexity index is 275. The summed E-state index contributed by atoms with van der Waals surface area (Å²) < 4.78 is 22.0. The van der Waals surface area contributed by atoms with Crippen molar-refractivity contribution in [3.05, 3.63) is 12.0 Å². The van der Waals surface area contributed by atoms with Gasteiger partial charge in [-0.1, -0.05) is 0 Å². The molecule has 2 atom stereocenters. The predicted octanol–water partition coefficient (Wildman–Crippen LogP) is 0.322. The quantitative estimate of drug-likeness (QED) is 0.645. The molecule has 16 heavy (non-hydrogen) atoms. The molecule has 3 rings (SSSR count). The van der Waals surface area contributed by atoms with Crippen LogP contribution in [-0.4, -0.2) is 56.8 Å². The maximum Gasteiger partial charge on any atom is 0.226 e. The van der Waals surface area contributed by atoms with E-state index in [0.29, 0.717) is 13.2 Å². The van der Waals surface area contributed by atoms with E-state index in [4.69, 9.17) is 18.9 Å². The molecule has 3 aliphatic heterocycles. The van der Waals surface area contributed by atoms with E-state index in [9.17, 15) is 0 Å². The highest BCUT2D eigenvalue weighted by Crippen LogP contribution is 2.26. The predicted molar refractivity (Wildman–Crippen MR) is 55.7 cm³/mol. The first-order chi connectivity index (χ1) is 7.93. The van der Waals surface area contributed by atoms with Gasteiger partial charge in [-0.15, -0.1) is 0 Å². The molecule has 90 valence electrons. The van der Waals surface area contributed by atoms with Gasteiger partial charge in [-0.25, -0.2) is 0 Å². The molecule has 5 heteroatoms. The van der Waals surface area contributed by atoms with Gasteiger partial charge in [-0.05, 0) is 0 Å². The Morgan fingerprint density at radius 2 is 1.88 bits per heavy atom. The van der Waals surface area contributed by atoms with E-state index in [1.807, 2.05) is 6.26 Å². The lowest BCUT2D eigenvalue weighted by Crippen LogP contribution is -2.45. The smallest absolute Gasteiger partial charge is 0.226 e. The van der Waals surface area contributed by atoms with Crippen LogP contribution < -0.4 is 0 Å². The Labute approximate surface area is 94.9 Å². The van der Waals surface area contributed by atoms with Crippen molar-refractivity contribution in [2.75, 3.05) is 39.5 Å². The van der Waals surface area contributed by atoms with Gasteiger partial charge in [0.15, 0.2) is 0 Å². The minimum Gasteiger partial charge on any atom is -0.468 e. The lowest BCUT2D eigenvalue weighted by atomic mass is 10.1. The highest BCUT2D eigenvalue weighted by molar-refractivity contribution is 5.04. The van der Waals surface area contributed by atoms with Crippen LogP contribution in [0.2, 0.25) is 0 Å². The Balaban J connectivity index is 1.65. The molecule has 0 aliphatic carbocycles. The second-order valence-corrected chi connectivity index (χ2v) is 4.20. The number of hydrogen-bond donors (Lipinski definition) is 0. The van der Waals surface area contributed by atoms with Crippen LogP contribution in [0.1, 0.15) is 6.42 Å². The SMILES string of the molecule is C1=C(N2CCOCC2)C[C@@H]2OCCO[C@@H]2O1. The largest absolute Gasteiger partial charge is 0.468 e. The average molecular weight is 227 g/mol. The summed E-state index contributed by atoms with van der Waals surface area (Å²) in [6, 6.07) is 0. The molecule has 0 aromatic rings. The van der Waals surface area contributed by atoms with Crippen LogP contribution in [0.5, 0.6) is 0 Å². The second kappa shape index (κ2) is 4.61. The number of fused-ring (bicyclic) bond motifs is 1. The van der Waals surface area contributed by atoms with Crippen molar-refractivity contribution >= 4 is 0 Å². The number of ether oxygens (including phenoxy) is 4. The second-order valence-electron chi connectivity index (χ2n) is 4.20. The molecule has 0 amide bonds. The number of morpholine rings is 1. The minimum atomic E-state index is -0.210. The van der Waals surface area contributed by atoms with Crippen molar-refractivity contribution in [1.82, 2.24) is 4.90 Å². The molecule has 0 saturated carbocycles. The van der Waals surface area contributed by atoms with Gasteiger partial charge in [0.05, 0.1) is 32.1 Å². The van der Waals surface area contributed by atoms with Gasteiger partial charge in [0, 0.05) is 19.5 Å². The number of rotatable bonds is 1. The highest BCUT2D eigenvalue weighted by atomic mass is 16.7. The zero-order valence-corrected chi connectivity index (χ0v) is 9.26. The maximum atomic E-state index is 5.65. The number of hydrogen-bond acceptors (Lipinski definition) is 5. The fraction of sp³-hybridized carbons (Fsp3) is 0.818. The van der Waals surface area contributed by atoms with E-state index < -0.39 is 0 Å². The minimum absolute atomic E-state index is 0.0524. The topological polar surface area (TPSA) is 40.2 Å². The number of nitrogens with zero attached hydrogens (tertiary/aromatic N) is 1. The Kier molecular flexibility index (Phi) is 2.99. The van der Waals surface area contributed by atoms with Crippen molar-refractivity contribution in [1.29, 1.82) is 0 Å². The first-order valence-electron chi connectivity index (χ1n) is 5.84. The van der Waals surface area contributed by atoms with E-state index in [-0.39, 0.29) is 12.4 Å². The van der Waals surface area contributed by atoms with Crippen LogP contribution in [0, 0.1) is 0 Å². The molecule has 2 saturated heterocycles. The van der Waals surface area contributed by atoms with E-state index >= 15 is 0 Å². The first-order valence-corrected chi connectivity index (χ1v) is 5.84. The first kappa shape index (κ1) is 10.4. The van der Waals surface area contributed by atoms with Crippen molar-refractivity contribution in [3.63, 3.8) is 0 Å². The van der Waals surface area contributed by atoms with Gasteiger partial charge in [0.25, 0.3) is 0 Å². The standard InChI is InChI=1S/C11H17NO4/c1-3-13-4-2-12(1)9-7-10-11(16-8-9)15-6-5-14-10/h8,10-11H,1-7H2/t10-,11+/m0/s1. The van der Waals surface area contributed by atoms with E-state index in [2.05, 4.69) is 4.90 Å². The van der Waals surface area contributed by atoms with Gasteiger partial charge in [0.2, 0.25) is 6.29 Å². The van der Waals surface area contributed by atoms with Gasteiger partial charge < -0.3 is 23.8 Å². The summed E-state index contributed by atoms with van der Waals surface area (Å²) in [6.07, 6.45) is 2.54. The summed E-state index contributed by atoms with van der Waals surface area (Å²) in [6.45, 7) is 4.76. The third-order valence-electron chi connectivity index (χ3n) is 3.17. The van der Waals surface area contributed by atoms with E-state index in [0.717, 1.165) is 32.7 Å². The van der Waals surface area contributed by atoms with Gasteiger partial charge in [-0.3, -0.25) is 0 Å². The van der Waals surface area contributed by atoms with Gasteiger partial charge in [-0.2, -0.15) is 0 Å². The molecule has 3 aliphatic rings. The molecular formula is C11H17NO4. The summed E-state index contributed by atoms with van der Waals surface area (Å²) in [5, 5.41) is 0. The summed E-state index contributed by atoms with van der Waals surface area (Å²) in [5.41, 5.74) is 1.20. The molecule has 5 nitrogen and oxygen atoms in total. The molecule has 2 fully saturated rings. The van der Waals surface area contributed by atoms with Crippen molar-refractivity contribution in [2.45, 2.75) is 18.8 Å². The van der Waals surface area contributed by atoms with E-state index in [1.165, 1.54) is 5.70 Å². The zero-order chi connectivity index (χ0) is 10.8. The fourth-order valence-corrected chi connectivity index (χ4v) is 2.29. The summed E-state index contributed by atoms with van der Waals surface area (Å²) in [4.78, 5) is 2.30. The summed E-state index contributed by atoms with van der Waals surface area (Å²) >= 11 is 0. The molecular weight excluding hydrogens is 210 g/mol. The normalized spacial score (nSPS) is 35.0. The zero-order valence-electron chi connectivity index (χ0n) is 9.26. The molecule has 0 aromatic carbocycles. The molecule has 0 bridgehead atoms. The maximum absolute atomic E-state index is 5.65. The van der Waals surface area contributed by atoms with Crippen molar-refractivity contribution < 1.29 is 18.9 Å². The van der Waals surface area contributed by atoms with Gasteiger partial charge in [0.1, 0.15) is 12.4 Å². The third kappa shape index (κ3) is 2.03. The van der Waals surface area contributed by atoms with Crippen molar-refractivity contribution in [3.8, 4) is 0 Å². The summed E-state index contributed by atoms with van der Waals surface area (Å²) in [5.74, 6) is 0. The van der Waals surface area contributed by atoms with Crippen molar-refractivity contribution in [2.24, 2.45) is 0 Å². The fourth-order valence-electron chi connectivity index (χ4n) is 2.29. The lowest BCUT2D eigenvalue weighted by Gasteiger charge is -2.39. The Hall–Kier alpha value is -0.780. The molecule has 0 unspecified atom stereocenters. The molecule has 0 spiro atoms. The molecule has 0 radical (unpaired) electrons. The Morgan fingerprint density at radius 3 is 2.75 bits per heavy atom. The third-order valence-corrected chi connectivity index (χ3v) is 3.17. The van der Waals surface area contributed by atoms with Crippen LogP contribution in [0.25, 0.3) is 0 Å². The van der Waals surface area contributed by atoms with Crippen LogP contribution in [-0.2, 0) is 18.9 Å².